The van der Waals surface area contributed by atoms with Crippen LogP contribution >= 0.6 is 10.7 Å². The van der Waals surface area contributed by atoms with Gasteiger partial charge in [0.2, 0.25) is 0 Å². The van der Waals surface area contributed by atoms with Crippen LogP contribution in [0.1, 0.15) is 25.0 Å². The van der Waals surface area contributed by atoms with Crippen molar-refractivity contribution in [3.63, 3.8) is 0 Å². The summed E-state index contributed by atoms with van der Waals surface area (Å²) in [6.45, 7) is 2.40. The predicted octanol–water partition coefficient (Wildman–Crippen LogP) is 0.940. The van der Waals surface area contributed by atoms with Crippen LogP contribution < -0.4 is 0 Å². The molecule has 2 aromatic rings. The molecule has 0 N–H and O–H groups in total. The zero-order chi connectivity index (χ0) is 14.0. The fourth-order valence-corrected chi connectivity index (χ4v) is 2.40. The highest BCUT2D eigenvalue weighted by atomic mass is 35.7. The first-order valence-electron chi connectivity index (χ1n) is 5.75. The Morgan fingerprint density at radius 3 is 2.63 bits per heavy atom. The summed E-state index contributed by atoms with van der Waals surface area (Å²) >= 11 is 0. The normalized spacial score (nSPS) is 11.9. The molecule has 0 aliphatic heterocycles. The Labute approximate surface area is 115 Å². The van der Waals surface area contributed by atoms with Crippen molar-refractivity contribution in [1.82, 2.24) is 24.3 Å². The zero-order valence-electron chi connectivity index (χ0n) is 10.6. The van der Waals surface area contributed by atoms with Crippen LogP contribution in [0.2, 0.25) is 0 Å². The van der Waals surface area contributed by atoms with Crippen LogP contribution in [0.3, 0.4) is 0 Å². The van der Waals surface area contributed by atoms with Crippen molar-refractivity contribution in [2.45, 2.75) is 31.3 Å². The molecule has 0 aliphatic carbocycles. The minimum absolute atomic E-state index is 0.125. The van der Waals surface area contributed by atoms with E-state index in [9.17, 15) is 8.42 Å². The molecule has 0 atom stereocenters. The number of nitrogens with zero attached hydrogens (tertiary/aromatic N) is 5. The molecule has 2 rings (SSSR count). The molecule has 0 saturated heterocycles. The van der Waals surface area contributed by atoms with Gasteiger partial charge in [-0.3, -0.25) is 0 Å². The van der Waals surface area contributed by atoms with Crippen molar-refractivity contribution in [2.24, 2.45) is 7.05 Å². The molecule has 2 heterocycles. The quantitative estimate of drug-likeness (QED) is 0.768. The molecule has 0 fully saturated rings. The largest absolute Gasteiger partial charge is 0.326 e. The molecular weight excluding hydrogens is 290 g/mol. The molecule has 7 nitrogen and oxygen atoms in total. The van der Waals surface area contributed by atoms with Gasteiger partial charge in [0.05, 0.1) is 6.54 Å². The average molecular weight is 304 g/mol. The van der Waals surface area contributed by atoms with Crippen molar-refractivity contribution < 1.29 is 8.42 Å². The van der Waals surface area contributed by atoms with Crippen LogP contribution in [-0.2, 0) is 29.1 Å². The number of halogens is 1. The predicted molar refractivity (Wildman–Crippen MR) is 69.4 cm³/mol. The Morgan fingerprint density at radius 1 is 1.37 bits per heavy atom. The third-order valence-corrected chi connectivity index (χ3v) is 3.85. The van der Waals surface area contributed by atoms with Gasteiger partial charge >= 0.3 is 0 Å². The van der Waals surface area contributed by atoms with Gasteiger partial charge in [0.1, 0.15) is 12.2 Å². The fraction of sp³-hybridized carbons (Fsp3) is 0.500. The number of rotatable bonds is 5. The van der Waals surface area contributed by atoms with Crippen LogP contribution in [0, 0.1) is 0 Å². The van der Waals surface area contributed by atoms with Gasteiger partial charge in [-0.15, -0.1) is 10.2 Å². The maximum absolute atomic E-state index is 11.3. The van der Waals surface area contributed by atoms with Crippen molar-refractivity contribution in [3.05, 3.63) is 24.2 Å². The van der Waals surface area contributed by atoms with Gasteiger partial charge in [-0.1, -0.05) is 6.92 Å². The van der Waals surface area contributed by atoms with E-state index in [1.165, 1.54) is 6.20 Å². The minimum Gasteiger partial charge on any atom is -0.326 e. The lowest BCUT2D eigenvalue weighted by Crippen LogP contribution is -2.08. The van der Waals surface area contributed by atoms with Crippen molar-refractivity contribution in [3.8, 4) is 0 Å². The van der Waals surface area contributed by atoms with Gasteiger partial charge in [0.15, 0.2) is 10.9 Å². The maximum atomic E-state index is 11.3. The van der Waals surface area contributed by atoms with Crippen LogP contribution in [0.5, 0.6) is 0 Å². The topological polar surface area (TPSA) is 82.7 Å². The summed E-state index contributed by atoms with van der Waals surface area (Å²) in [7, 11) is 3.33. The third-order valence-electron chi connectivity index (χ3n) is 2.68. The van der Waals surface area contributed by atoms with E-state index in [2.05, 4.69) is 15.2 Å². The number of imidazole rings is 1. The van der Waals surface area contributed by atoms with Gasteiger partial charge in [0.25, 0.3) is 9.05 Å². The second kappa shape index (κ2) is 5.30. The molecule has 0 saturated carbocycles. The molecule has 0 aromatic carbocycles. The molecule has 0 bridgehead atoms. The molecule has 104 valence electrons. The molecule has 19 heavy (non-hydrogen) atoms. The van der Waals surface area contributed by atoms with Crippen molar-refractivity contribution >= 4 is 19.7 Å². The van der Waals surface area contributed by atoms with Crippen LogP contribution in [-0.4, -0.2) is 32.7 Å². The van der Waals surface area contributed by atoms with E-state index in [0.29, 0.717) is 24.6 Å². The Balaban J connectivity index is 2.38. The summed E-state index contributed by atoms with van der Waals surface area (Å²) in [5, 5.41) is 7.62. The van der Waals surface area contributed by atoms with E-state index in [0.717, 1.165) is 6.42 Å². The highest BCUT2D eigenvalue weighted by Crippen LogP contribution is 2.16. The molecule has 2 aromatic heterocycles. The first-order valence-corrected chi connectivity index (χ1v) is 8.06. The third kappa shape index (κ3) is 3.13. The summed E-state index contributed by atoms with van der Waals surface area (Å²) < 4.78 is 26.2. The summed E-state index contributed by atoms with van der Waals surface area (Å²) in [4.78, 5) is 4.07. The Morgan fingerprint density at radius 2 is 2.11 bits per heavy atom. The summed E-state index contributed by atoms with van der Waals surface area (Å²) in [6.07, 6.45) is 4.55. The number of aromatic nitrogens is 5. The van der Waals surface area contributed by atoms with Crippen LogP contribution in [0.15, 0.2) is 17.6 Å². The van der Waals surface area contributed by atoms with Crippen molar-refractivity contribution in [2.75, 3.05) is 0 Å². The SMILES string of the molecule is CCCc1nc(S(=O)(=O)Cl)cn1Cc1nncn1C. The number of hydrogen-bond acceptors (Lipinski definition) is 5. The van der Waals surface area contributed by atoms with E-state index < -0.39 is 9.05 Å². The van der Waals surface area contributed by atoms with E-state index >= 15 is 0 Å². The van der Waals surface area contributed by atoms with Crippen LogP contribution in [0.4, 0.5) is 0 Å². The fourth-order valence-electron chi connectivity index (χ4n) is 1.71. The minimum atomic E-state index is -3.81. The molecule has 0 spiro atoms. The molecule has 0 aliphatic rings. The molecule has 0 radical (unpaired) electrons. The van der Waals surface area contributed by atoms with E-state index in [-0.39, 0.29) is 5.03 Å². The highest BCUT2D eigenvalue weighted by molar-refractivity contribution is 8.13. The lowest BCUT2D eigenvalue weighted by atomic mass is 10.3. The second-order valence-electron chi connectivity index (χ2n) is 4.17. The van der Waals surface area contributed by atoms with E-state index in [1.807, 2.05) is 14.0 Å². The summed E-state index contributed by atoms with van der Waals surface area (Å²) in [5.74, 6) is 1.39. The van der Waals surface area contributed by atoms with E-state index in [1.54, 1.807) is 15.5 Å². The summed E-state index contributed by atoms with van der Waals surface area (Å²) in [6, 6.07) is 0. The van der Waals surface area contributed by atoms with Gasteiger partial charge in [-0.2, -0.15) is 0 Å². The lowest BCUT2D eigenvalue weighted by Gasteiger charge is -2.05. The maximum Gasteiger partial charge on any atom is 0.280 e. The van der Waals surface area contributed by atoms with Crippen molar-refractivity contribution in [1.29, 1.82) is 0 Å². The highest BCUT2D eigenvalue weighted by Gasteiger charge is 2.18. The first kappa shape index (κ1) is 14.0. The van der Waals surface area contributed by atoms with Gasteiger partial charge in [0, 0.05) is 30.3 Å². The first-order chi connectivity index (χ1) is 8.91. The average Bonchev–Trinajstić information content (AvgIpc) is 2.88. The number of aryl methyl sites for hydroxylation is 2. The summed E-state index contributed by atoms with van der Waals surface area (Å²) in [5.41, 5.74) is 0. The second-order valence-corrected chi connectivity index (χ2v) is 6.68. The standard InChI is InChI=1S/C10H14ClN5O2S/c1-3-4-8-13-10(19(11,17)18)6-16(8)5-9-14-12-7-15(9)2/h6-7H,3-5H2,1-2H3. The number of hydrogen-bond donors (Lipinski definition) is 0. The molecule has 0 amide bonds. The zero-order valence-corrected chi connectivity index (χ0v) is 12.2. The lowest BCUT2D eigenvalue weighted by molar-refractivity contribution is 0.606. The van der Waals surface area contributed by atoms with Crippen LogP contribution in [0.25, 0.3) is 0 Å². The van der Waals surface area contributed by atoms with E-state index in [4.69, 9.17) is 10.7 Å². The van der Waals surface area contributed by atoms with Gasteiger partial charge < -0.3 is 9.13 Å². The molecule has 9 heteroatoms. The Hall–Kier alpha value is -1.41. The smallest absolute Gasteiger partial charge is 0.280 e. The Bertz CT molecular complexity index is 676. The molecule has 0 unspecified atom stereocenters. The monoisotopic (exact) mass is 303 g/mol. The van der Waals surface area contributed by atoms with Gasteiger partial charge in [-0.25, -0.2) is 13.4 Å². The molecular formula is C10H14ClN5O2S. The Kier molecular flexibility index (Phi) is 3.91. The van der Waals surface area contributed by atoms with Gasteiger partial charge in [-0.05, 0) is 6.42 Å².